The number of carbonyl (C=O) groups excluding carboxylic acids is 2. The first-order valence-electron chi connectivity index (χ1n) is 19.3. The Morgan fingerprint density at radius 1 is 0.793 bits per heavy atom. The minimum absolute atomic E-state index is 0.0603. The van der Waals surface area contributed by atoms with Crippen molar-refractivity contribution in [1.82, 2.24) is 24.4 Å². The number of aryl methyl sites for hydroxylation is 2. The van der Waals surface area contributed by atoms with Gasteiger partial charge in [-0.15, -0.1) is 0 Å². The van der Waals surface area contributed by atoms with E-state index in [1.54, 1.807) is 24.3 Å². The number of aliphatic imine (C=N–C) groups is 1. The smallest absolute Gasteiger partial charge is 0.257 e. The third-order valence-electron chi connectivity index (χ3n) is 10.9. The zero-order chi connectivity index (χ0) is 41.4. The average Bonchev–Trinajstić information content (AvgIpc) is 3.25. The van der Waals surface area contributed by atoms with E-state index in [-0.39, 0.29) is 16.4 Å². The van der Waals surface area contributed by atoms with E-state index in [2.05, 4.69) is 39.5 Å². The van der Waals surface area contributed by atoms with Gasteiger partial charge in [0.1, 0.15) is 5.56 Å². The molecule has 2 aliphatic carbocycles. The van der Waals surface area contributed by atoms with Crippen LogP contribution in [-0.4, -0.2) is 79.3 Å². The molecule has 2 heterocycles. The Morgan fingerprint density at radius 2 is 1.40 bits per heavy atom. The summed E-state index contributed by atoms with van der Waals surface area (Å²) >= 11 is 0. The van der Waals surface area contributed by atoms with Crippen LogP contribution in [0.2, 0.25) is 0 Å². The molecule has 12 nitrogen and oxygen atoms in total. The lowest BCUT2D eigenvalue weighted by molar-refractivity contribution is 0.0962. The van der Waals surface area contributed by atoms with E-state index < -0.39 is 5.91 Å². The maximum Gasteiger partial charge on any atom is 0.257 e. The van der Waals surface area contributed by atoms with Crippen LogP contribution in [0.25, 0.3) is 66.4 Å². The van der Waals surface area contributed by atoms with E-state index >= 15 is 0 Å². The second kappa shape index (κ2) is 15.9. The van der Waals surface area contributed by atoms with Crippen molar-refractivity contribution in [2.75, 3.05) is 51.1 Å². The summed E-state index contributed by atoms with van der Waals surface area (Å²) in [5, 5.41) is 5.05. The van der Waals surface area contributed by atoms with Crippen molar-refractivity contribution in [1.29, 1.82) is 0 Å². The normalized spacial score (nSPS) is 11.3. The van der Waals surface area contributed by atoms with Gasteiger partial charge in [0.05, 0.1) is 51.4 Å². The van der Waals surface area contributed by atoms with E-state index in [9.17, 15) is 19.2 Å². The molecule has 0 bridgehead atoms. The molecule has 1 N–H and O–H groups in total. The van der Waals surface area contributed by atoms with Gasteiger partial charge in [0.2, 0.25) is 5.43 Å². The predicted octanol–water partition coefficient (Wildman–Crippen LogP) is 7.03. The van der Waals surface area contributed by atoms with Gasteiger partial charge in [-0.1, -0.05) is 42.5 Å². The van der Waals surface area contributed by atoms with Crippen LogP contribution in [0.1, 0.15) is 40.1 Å². The van der Waals surface area contributed by atoms with Crippen LogP contribution in [0.5, 0.6) is 0 Å². The zero-order valence-electron chi connectivity index (χ0n) is 33.9. The lowest BCUT2D eigenvalue weighted by Crippen LogP contribution is -2.29. The van der Waals surface area contributed by atoms with Gasteiger partial charge in [-0.25, -0.2) is 9.97 Å². The first-order valence-corrected chi connectivity index (χ1v) is 19.3. The Morgan fingerprint density at radius 3 is 2.02 bits per heavy atom. The summed E-state index contributed by atoms with van der Waals surface area (Å²) in [6.45, 7) is 12.1. The van der Waals surface area contributed by atoms with Gasteiger partial charge in [-0.2, -0.15) is 0 Å². The van der Waals surface area contributed by atoms with Crippen LogP contribution >= 0.6 is 0 Å². The fourth-order valence-electron chi connectivity index (χ4n) is 7.90. The first kappa shape index (κ1) is 39.3. The summed E-state index contributed by atoms with van der Waals surface area (Å²) in [6, 6.07) is 24.7. The van der Waals surface area contributed by atoms with Crippen LogP contribution in [0.4, 0.5) is 11.4 Å². The van der Waals surface area contributed by atoms with Gasteiger partial charge in [0.15, 0.2) is 11.7 Å². The van der Waals surface area contributed by atoms with Gasteiger partial charge in [0.25, 0.3) is 5.91 Å². The Kier molecular flexibility index (Phi) is 10.8. The summed E-state index contributed by atoms with van der Waals surface area (Å²) in [5.41, 5.74) is 9.22. The van der Waals surface area contributed by atoms with Gasteiger partial charge in [0, 0.05) is 91.9 Å². The molecule has 1 amide bonds. The molecule has 0 unspecified atom stereocenters. The van der Waals surface area contributed by atoms with Crippen LogP contribution in [0, 0.1) is 6.92 Å². The van der Waals surface area contributed by atoms with Crippen LogP contribution in [-0.2, 0) is 13.1 Å². The number of hydrogen-bond donors (Lipinski definition) is 1. The highest BCUT2D eigenvalue weighted by Crippen LogP contribution is 2.36. The SMILES string of the molecule is C=NCCN(C)c1ccc2nc3c4c(C=O)cccc4c(=O)c(C)c-3n(CC)c2c1.CCn1c2c(C(=O)NC)c(=O)c3ccccc3c-2nc2ccc(N(C)C)cc21. The van der Waals surface area contributed by atoms with Gasteiger partial charge < -0.3 is 24.3 Å². The Balaban J connectivity index is 0.000000177. The minimum Gasteiger partial charge on any atom is -0.378 e. The van der Waals surface area contributed by atoms with E-state index in [4.69, 9.17) is 9.97 Å². The number of hydrogen-bond acceptors (Lipinski definition) is 9. The summed E-state index contributed by atoms with van der Waals surface area (Å²) in [6.07, 6.45) is 0.796. The van der Waals surface area contributed by atoms with E-state index in [0.29, 0.717) is 64.0 Å². The lowest BCUT2D eigenvalue weighted by atomic mass is 9.95. The van der Waals surface area contributed by atoms with Crippen LogP contribution in [0.15, 0.2) is 93.4 Å². The number of aldehydes is 1. The number of amides is 1. The highest BCUT2D eigenvalue weighted by molar-refractivity contribution is 6.10. The monoisotopic (exact) mass is 774 g/mol. The molecule has 294 valence electrons. The second-order valence-electron chi connectivity index (χ2n) is 14.4. The fourth-order valence-corrected chi connectivity index (χ4v) is 7.90. The van der Waals surface area contributed by atoms with Crippen LogP contribution in [0.3, 0.4) is 0 Å². The number of anilines is 2. The number of benzene rings is 6. The van der Waals surface area contributed by atoms with Crippen molar-refractivity contribution in [2.45, 2.75) is 33.9 Å². The molecule has 8 rings (SSSR count). The topological polar surface area (TPSA) is 135 Å². The molecular formula is C46H46N8O4. The predicted molar refractivity (Wildman–Crippen MR) is 237 cm³/mol. The molecule has 2 aliphatic heterocycles. The molecule has 0 spiro atoms. The molecule has 12 heteroatoms. The van der Waals surface area contributed by atoms with Crippen molar-refractivity contribution >= 4 is 73.9 Å². The van der Waals surface area contributed by atoms with Gasteiger partial charge >= 0.3 is 0 Å². The molecular weight excluding hydrogens is 729 g/mol. The second-order valence-corrected chi connectivity index (χ2v) is 14.4. The quantitative estimate of drug-likeness (QED) is 0.0715. The number of nitrogens with zero attached hydrogens (tertiary/aromatic N) is 7. The van der Waals surface area contributed by atoms with Crippen LogP contribution < -0.4 is 26.0 Å². The highest BCUT2D eigenvalue weighted by atomic mass is 16.2. The molecule has 0 aromatic heterocycles. The van der Waals surface area contributed by atoms with Crippen molar-refractivity contribution < 1.29 is 9.59 Å². The number of aromatic nitrogens is 4. The summed E-state index contributed by atoms with van der Waals surface area (Å²) in [5.74, 6) is -0.395. The molecule has 4 aromatic carbocycles. The maximum atomic E-state index is 13.2. The molecule has 0 saturated carbocycles. The molecule has 0 atom stereocenters. The molecule has 4 aliphatic rings. The highest BCUT2D eigenvalue weighted by Gasteiger charge is 2.27. The number of carbonyl (C=O) groups is 2. The van der Waals surface area contributed by atoms with Crippen molar-refractivity contribution in [3.63, 3.8) is 0 Å². The van der Waals surface area contributed by atoms with Gasteiger partial charge in [-0.05, 0) is 63.9 Å². The summed E-state index contributed by atoms with van der Waals surface area (Å²) < 4.78 is 4.14. The molecule has 0 saturated heterocycles. The molecule has 0 radical (unpaired) electrons. The zero-order valence-corrected chi connectivity index (χ0v) is 33.9. The third kappa shape index (κ3) is 6.49. The lowest BCUT2D eigenvalue weighted by Gasteiger charge is -2.23. The number of rotatable bonds is 9. The summed E-state index contributed by atoms with van der Waals surface area (Å²) in [7, 11) is 7.51. The number of nitrogens with one attached hydrogen (secondary N) is 1. The van der Waals surface area contributed by atoms with Gasteiger partial charge in [-0.3, -0.25) is 24.2 Å². The molecule has 4 aromatic rings. The standard InChI is InChI=1S/C24H24N4O2.C22H22N4O2/c1-5-28-20-13-17(27(4)12-11-25-3)9-10-19(20)26-22-21-16(14-29)7-6-8-18(21)24(30)15(2)23(22)28;1-5-26-17-12-13(25(3)4)10-11-16(17)24-19-14-8-6-7-9-15(14)21(27)18(20(19)26)22(28)23-2/h6-10,13-14H,3,5,11-12H2,1-2,4H3;6-12H,5H2,1-4H3,(H,23,28). The average molecular weight is 775 g/mol. The van der Waals surface area contributed by atoms with Crippen molar-refractivity contribution in [3.05, 3.63) is 116 Å². The Bertz CT molecular complexity index is 2980. The molecule has 0 fully saturated rings. The van der Waals surface area contributed by atoms with Crippen molar-refractivity contribution in [3.8, 4) is 22.8 Å². The third-order valence-corrected chi connectivity index (χ3v) is 10.9. The summed E-state index contributed by atoms with van der Waals surface area (Å²) in [4.78, 5) is 68.6. The largest absolute Gasteiger partial charge is 0.378 e. The Labute approximate surface area is 335 Å². The number of likely N-dealkylation sites (N-methyl/N-ethyl adjacent to an activating group) is 1. The fraction of sp³-hybridized carbons (Fsp3) is 0.239. The van der Waals surface area contributed by atoms with E-state index in [1.165, 1.54) is 7.05 Å². The first-order chi connectivity index (χ1) is 28.0. The minimum atomic E-state index is -0.395. The Hall–Kier alpha value is -6.95. The van der Waals surface area contributed by atoms with Crippen molar-refractivity contribution in [2.24, 2.45) is 4.99 Å². The molecule has 58 heavy (non-hydrogen) atoms. The maximum absolute atomic E-state index is 13.2. The van der Waals surface area contributed by atoms with E-state index in [1.807, 2.05) is 93.0 Å². The number of fused-ring (bicyclic) bond motifs is 8. The van der Waals surface area contributed by atoms with E-state index in [0.717, 1.165) is 57.4 Å².